The van der Waals surface area contributed by atoms with Crippen LogP contribution in [0.2, 0.25) is 0 Å². The second kappa shape index (κ2) is 8.69. The van der Waals surface area contributed by atoms with Gasteiger partial charge in [0.2, 0.25) is 0 Å². The van der Waals surface area contributed by atoms with Crippen LogP contribution >= 0.6 is 12.2 Å². The minimum atomic E-state index is -4.67. The van der Waals surface area contributed by atoms with Gasteiger partial charge in [0, 0.05) is 5.56 Å². The first-order valence-electron chi connectivity index (χ1n) is 9.71. The van der Waals surface area contributed by atoms with Crippen LogP contribution in [0.15, 0.2) is 70.7 Å². The number of nitrogens with zero attached hydrogens (tertiary/aromatic N) is 1. The molecule has 1 fully saturated rings. The van der Waals surface area contributed by atoms with Crippen LogP contribution in [-0.2, 0) is 21.9 Å². The molecule has 4 rings (SSSR count). The highest BCUT2D eigenvalue weighted by Crippen LogP contribution is 2.34. The zero-order chi connectivity index (χ0) is 25.5. The van der Waals surface area contributed by atoms with Crippen molar-refractivity contribution in [3.63, 3.8) is 0 Å². The molecule has 0 radical (unpaired) electrons. The molecule has 1 aliphatic rings. The maximum Gasteiger partial charge on any atom is 0.416 e. The number of alkyl halides is 6. The van der Waals surface area contributed by atoms with Crippen LogP contribution in [0.4, 0.5) is 32.0 Å². The summed E-state index contributed by atoms with van der Waals surface area (Å²) in [7, 11) is 0. The second-order valence-corrected chi connectivity index (χ2v) is 7.67. The van der Waals surface area contributed by atoms with Gasteiger partial charge in [0.15, 0.2) is 5.11 Å². The van der Waals surface area contributed by atoms with E-state index in [9.17, 15) is 35.9 Å². The zero-order valence-corrected chi connectivity index (χ0v) is 18.0. The Bertz CT molecular complexity index is 1370. The predicted octanol–water partition coefficient (Wildman–Crippen LogP) is 5.82. The molecule has 1 aliphatic heterocycles. The van der Waals surface area contributed by atoms with Crippen molar-refractivity contribution < 1.29 is 40.3 Å². The summed E-state index contributed by atoms with van der Waals surface area (Å²) in [4.78, 5) is 26.1. The normalized spacial score (nSPS) is 16.1. The lowest BCUT2D eigenvalue weighted by atomic mass is 10.1. The Morgan fingerprint density at radius 3 is 2.14 bits per heavy atom. The molecular formula is C23H12F6N2O3S. The predicted molar refractivity (Wildman–Crippen MR) is 117 cm³/mol. The first-order valence-corrected chi connectivity index (χ1v) is 10.1. The molecule has 0 aliphatic carbocycles. The van der Waals surface area contributed by atoms with Gasteiger partial charge in [-0.25, -0.2) is 0 Å². The van der Waals surface area contributed by atoms with Gasteiger partial charge in [0.25, 0.3) is 11.8 Å². The van der Waals surface area contributed by atoms with Gasteiger partial charge in [0.05, 0.1) is 16.8 Å². The Morgan fingerprint density at radius 1 is 0.857 bits per heavy atom. The lowest BCUT2D eigenvalue weighted by Gasteiger charge is -2.29. The van der Waals surface area contributed by atoms with E-state index in [1.54, 1.807) is 0 Å². The number of carbonyl (C=O) groups is 2. The Kier molecular flexibility index (Phi) is 6.01. The first-order chi connectivity index (χ1) is 16.3. The minimum absolute atomic E-state index is 0.0388. The van der Waals surface area contributed by atoms with E-state index in [-0.39, 0.29) is 22.8 Å². The Labute approximate surface area is 198 Å². The number of thiocarbonyl (C=S) groups is 1. The van der Waals surface area contributed by atoms with Gasteiger partial charge in [-0.3, -0.25) is 19.8 Å². The van der Waals surface area contributed by atoms with Crippen molar-refractivity contribution in [2.24, 2.45) is 0 Å². The summed E-state index contributed by atoms with van der Waals surface area (Å²) in [5.41, 5.74) is -2.52. The summed E-state index contributed by atoms with van der Waals surface area (Å²) in [6.07, 6.45) is -8.21. The molecule has 1 saturated heterocycles. The standard InChI is InChI=1S/C23H12F6N2O3S/c24-22(25,26)13-4-1-3-12(9-13)18-8-7-16(34-18)11-17-19(32)30-21(35)31(20(17)33)15-6-2-5-14(10-15)23(27,28)29/h1-11H,(H,30,32,35)/b17-11+. The maximum atomic E-state index is 13.1. The molecule has 0 spiro atoms. The van der Waals surface area contributed by atoms with Gasteiger partial charge in [-0.1, -0.05) is 18.2 Å². The number of furan rings is 1. The van der Waals surface area contributed by atoms with Crippen LogP contribution in [0.3, 0.4) is 0 Å². The summed E-state index contributed by atoms with van der Waals surface area (Å²) in [6, 6.07) is 10.9. The van der Waals surface area contributed by atoms with E-state index >= 15 is 0 Å². The van der Waals surface area contributed by atoms with Gasteiger partial charge in [-0.05, 0) is 60.8 Å². The van der Waals surface area contributed by atoms with Gasteiger partial charge in [-0.15, -0.1) is 0 Å². The van der Waals surface area contributed by atoms with E-state index in [2.05, 4.69) is 5.32 Å². The van der Waals surface area contributed by atoms with Crippen LogP contribution in [-0.4, -0.2) is 16.9 Å². The van der Waals surface area contributed by atoms with Crippen molar-refractivity contribution in [2.75, 3.05) is 4.90 Å². The van der Waals surface area contributed by atoms with Crippen LogP contribution in [0.5, 0.6) is 0 Å². The highest BCUT2D eigenvalue weighted by Gasteiger charge is 2.37. The van der Waals surface area contributed by atoms with Gasteiger partial charge < -0.3 is 4.42 Å². The lowest BCUT2D eigenvalue weighted by Crippen LogP contribution is -2.54. The molecule has 0 atom stereocenters. The quantitative estimate of drug-likeness (QED) is 0.209. The lowest BCUT2D eigenvalue weighted by molar-refractivity contribution is -0.138. The number of anilines is 1. The number of hydrogen-bond donors (Lipinski definition) is 1. The summed E-state index contributed by atoms with van der Waals surface area (Å²) in [5.74, 6) is -1.93. The molecule has 0 unspecified atom stereocenters. The summed E-state index contributed by atoms with van der Waals surface area (Å²) in [5, 5.41) is 1.81. The van der Waals surface area contributed by atoms with Crippen LogP contribution < -0.4 is 10.2 Å². The number of carbonyl (C=O) groups excluding carboxylic acids is 2. The van der Waals surface area contributed by atoms with E-state index in [0.29, 0.717) is 6.07 Å². The Balaban J connectivity index is 1.67. The topological polar surface area (TPSA) is 62.6 Å². The SMILES string of the molecule is O=C1NC(=S)N(c2cccc(C(F)(F)F)c2)C(=O)/C1=C/c1ccc(-c2cccc(C(F)(F)F)c2)o1. The van der Waals surface area contributed by atoms with E-state index in [1.807, 2.05) is 0 Å². The molecular weight excluding hydrogens is 498 g/mol. The van der Waals surface area contributed by atoms with Gasteiger partial charge in [-0.2, -0.15) is 26.3 Å². The Hall–Kier alpha value is -3.93. The van der Waals surface area contributed by atoms with Crippen molar-refractivity contribution in [3.8, 4) is 11.3 Å². The average molecular weight is 510 g/mol. The molecule has 2 amide bonds. The summed E-state index contributed by atoms with van der Waals surface area (Å²) < 4.78 is 83.7. The van der Waals surface area contributed by atoms with Crippen molar-refractivity contribution in [1.82, 2.24) is 5.32 Å². The number of nitrogens with one attached hydrogen (secondary N) is 1. The third-order valence-corrected chi connectivity index (χ3v) is 5.21. The van der Waals surface area contributed by atoms with Crippen LogP contribution in [0, 0.1) is 0 Å². The Morgan fingerprint density at radius 2 is 1.49 bits per heavy atom. The molecule has 1 N–H and O–H groups in total. The molecule has 5 nitrogen and oxygen atoms in total. The second-order valence-electron chi connectivity index (χ2n) is 7.29. The molecule has 1 aromatic heterocycles. The van der Waals surface area contributed by atoms with E-state index in [4.69, 9.17) is 16.6 Å². The van der Waals surface area contributed by atoms with Crippen LogP contribution in [0.1, 0.15) is 16.9 Å². The molecule has 180 valence electrons. The molecule has 3 aromatic rings. The van der Waals surface area contributed by atoms with Gasteiger partial charge in [0.1, 0.15) is 17.1 Å². The first kappa shape index (κ1) is 24.2. The summed E-state index contributed by atoms with van der Waals surface area (Å²) in [6.45, 7) is 0. The van der Waals surface area contributed by atoms with Crippen LogP contribution in [0.25, 0.3) is 17.4 Å². The number of halogens is 6. The highest BCUT2D eigenvalue weighted by molar-refractivity contribution is 7.80. The summed E-state index contributed by atoms with van der Waals surface area (Å²) >= 11 is 4.98. The number of hydrogen-bond acceptors (Lipinski definition) is 4. The average Bonchev–Trinajstić information content (AvgIpc) is 3.24. The molecule has 2 heterocycles. The zero-order valence-electron chi connectivity index (χ0n) is 17.2. The smallest absolute Gasteiger partial charge is 0.416 e. The van der Waals surface area contributed by atoms with Crippen molar-refractivity contribution in [2.45, 2.75) is 12.4 Å². The third kappa shape index (κ3) is 4.97. The maximum absolute atomic E-state index is 13.1. The van der Waals surface area contributed by atoms with Crippen molar-refractivity contribution in [1.29, 1.82) is 0 Å². The minimum Gasteiger partial charge on any atom is -0.457 e. The van der Waals surface area contributed by atoms with Crippen molar-refractivity contribution in [3.05, 3.63) is 83.1 Å². The molecule has 0 bridgehead atoms. The van der Waals surface area contributed by atoms with E-state index in [1.165, 1.54) is 30.3 Å². The number of amides is 2. The fraction of sp³-hybridized carbons (Fsp3) is 0.0870. The fourth-order valence-corrected chi connectivity index (χ4v) is 3.57. The van der Waals surface area contributed by atoms with Gasteiger partial charge >= 0.3 is 12.4 Å². The molecule has 2 aromatic carbocycles. The number of rotatable bonds is 3. The molecule has 0 saturated carbocycles. The fourth-order valence-electron chi connectivity index (χ4n) is 3.29. The highest BCUT2D eigenvalue weighted by atomic mass is 32.1. The largest absolute Gasteiger partial charge is 0.457 e. The monoisotopic (exact) mass is 510 g/mol. The van der Waals surface area contributed by atoms with Crippen molar-refractivity contribution >= 4 is 40.9 Å². The number of benzene rings is 2. The third-order valence-electron chi connectivity index (χ3n) is 4.92. The van der Waals surface area contributed by atoms with E-state index in [0.717, 1.165) is 35.2 Å². The molecule has 35 heavy (non-hydrogen) atoms. The van der Waals surface area contributed by atoms with E-state index < -0.39 is 46.0 Å². The molecule has 12 heteroatoms.